The SMILES string of the molecule is CCOc1ccc2ccccc2c1C(=O)Nc1c2c(nn1-c1ccccc1)CS(=O)C2. The van der Waals surface area contributed by atoms with Gasteiger partial charge in [-0.25, -0.2) is 4.68 Å². The molecule has 5 rings (SSSR count). The average molecular weight is 432 g/mol. The van der Waals surface area contributed by atoms with Crippen molar-refractivity contribution >= 4 is 33.3 Å². The van der Waals surface area contributed by atoms with Crippen molar-refractivity contribution in [2.45, 2.75) is 18.4 Å². The number of nitrogens with zero attached hydrogens (tertiary/aromatic N) is 2. The summed E-state index contributed by atoms with van der Waals surface area (Å²) in [6, 6.07) is 21.1. The fourth-order valence-electron chi connectivity index (χ4n) is 3.94. The summed E-state index contributed by atoms with van der Waals surface area (Å²) in [5.74, 6) is 1.59. The molecule has 1 unspecified atom stereocenters. The van der Waals surface area contributed by atoms with Crippen LogP contribution in [0.5, 0.6) is 5.75 Å². The Hall–Kier alpha value is -3.45. The quantitative estimate of drug-likeness (QED) is 0.507. The number of carbonyl (C=O) groups excluding carboxylic acids is 1. The highest BCUT2D eigenvalue weighted by atomic mass is 32.2. The summed E-state index contributed by atoms with van der Waals surface area (Å²) < 4.78 is 19.7. The largest absolute Gasteiger partial charge is 0.493 e. The van der Waals surface area contributed by atoms with Crippen molar-refractivity contribution in [2.75, 3.05) is 11.9 Å². The Morgan fingerprint density at radius 3 is 2.65 bits per heavy atom. The molecule has 4 aromatic rings. The number of hydrogen-bond donors (Lipinski definition) is 1. The van der Waals surface area contributed by atoms with E-state index in [1.165, 1.54) is 0 Å². The molecule has 1 aliphatic heterocycles. The topological polar surface area (TPSA) is 73.2 Å². The lowest BCUT2D eigenvalue weighted by Gasteiger charge is -2.15. The molecule has 0 radical (unpaired) electrons. The Morgan fingerprint density at radius 1 is 1.06 bits per heavy atom. The first-order valence-corrected chi connectivity index (χ1v) is 11.6. The van der Waals surface area contributed by atoms with Gasteiger partial charge in [0.05, 0.1) is 35.1 Å². The average Bonchev–Trinajstić information content (AvgIpc) is 3.31. The summed E-state index contributed by atoms with van der Waals surface area (Å²) in [6.07, 6.45) is 0. The van der Waals surface area contributed by atoms with Gasteiger partial charge in [-0.15, -0.1) is 0 Å². The lowest BCUT2D eigenvalue weighted by molar-refractivity contribution is 0.102. The van der Waals surface area contributed by atoms with Crippen molar-refractivity contribution in [3.8, 4) is 11.4 Å². The van der Waals surface area contributed by atoms with Crippen molar-refractivity contribution in [3.05, 3.63) is 83.6 Å². The van der Waals surface area contributed by atoms with E-state index in [-0.39, 0.29) is 5.91 Å². The lowest BCUT2D eigenvalue weighted by atomic mass is 10.0. The van der Waals surface area contributed by atoms with Gasteiger partial charge in [0.25, 0.3) is 5.91 Å². The molecule has 156 valence electrons. The predicted octanol–water partition coefficient (Wildman–Crippen LogP) is 4.44. The molecule has 0 aliphatic carbocycles. The number of anilines is 1. The van der Waals surface area contributed by atoms with Crippen molar-refractivity contribution in [1.82, 2.24) is 9.78 Å². The number of carbonyl (C=O) groups is 1. The number of rotatable bonds is 5. The minimum absolute atomic E-state index is 0.280. The van der Waals surface area contributed by atoms with Gasteiger partial charge >= 0.3 is 0 Å². The molecule has 1 aliphatic rings. The van der Waals surface area contributed by atoms with Gasteiger partial charge in [-0.05, 0) is 35.9 Å². The van der Waals surface area contributed by atoms with Gasteiger partial charge in [-0.2, -0.15) is 5.10 Å². The standard InChI is InChI=1S/C24H21N3O3S/c1-2-30-21-13-12-16-8-6-7-11-18(16)22(21)24(28)25-23-19-14-31(29)15-20(19)26-27(23)17-9-4-3-5-10-17/h3-13H,2,14-15H2,1H3,(H,25,28). The molecule has 7 heteroatoms. The molecule has 1 amide bonds. The summed E-state index contributed by atoms with van der Waals surface area (Å²) in [5, 5.41) is 9.50. The molecule has 0 spiro atoms. The zero-order chi connectivity index (χ0) is 21.4. The highest BCUT2D eigenvalue weighted by molar-refractivity contribution is 7.83. The molecule has 1 atom stereocenters. The van der Waals surface area contributed by atoms with E-state index in [2.05, 4.69) is 10.4 Å². The molecular weight excluding hydrogens is 410 g/mol. The first-order valence-electron chi connectivity index (χ1n) is 10.1. The minimum Gasteiger partial charge on any atom is -0.493 e. The minimum atomic E-state index is -1.00. The van der Waals surface area contributed by atoms with Crippen LogP contribution in [0.15, 0.2) is 66.7 Å². The maximum absolute atomic E-state index is 13.6. The van der Waals surface area contributed by atoms with Crippen LogP contribution >= 0.6 is 0 Å². The van der Waals surface area contributed by atoms with E-state index < -0.39 is 10.8 Å². The number of ether oxygens (including phenoxy) is 1. The normalized spacial score (nSPS) is 15.1. The van der Waals surface area contributed by atoms with Crippen molar-refractivity contribution in [1.29, 1.82) is 0 Å². The number of hydrogen-bond acceptors (Lipinski definition) is 4. The van der Waals surface area contributed by atoms with Gasteiger partial charge < -0.3 is 10.1 Å². The zero-order valence-electron chi connectivity index (χ0n) is 17.0. The zero-order valence-corrected chi connectivity index (χ0v) is 17.8. The van der Waals surface area contributed by atoms with Crippen LogP contribution in [0.3, 0.4) is 0 Å². The molecular formula is C24H21N3O3S. The fraction of sp³-hybridized carbons (Fsp3) is 0.167. The highest BCUT2D eigenvalue weighted by Crippen LogP contribution is 2.34. The monoisotopic (exact) mass is 431 g/mol. The number of aromatic nitrogens is 2. The highest BCUT2D eigenvalue weighted by Gasteiger charge is 2.29. The first kappa shape index (κ1) is 19.5. The van der Waals surface area contributed by atoms with E-state index in [0.29, 0.717) is 35.2 Å². The summed E-state index contributed by atoms with van der Waals surface area (Å²) in [7, 11) is -1.00. The van der Waals surface area contributed by atoms with Crippen LogP contribution in [-0.2, 0) is 22.3 Å². The predicted molar refractivity (Wildman–Crippen MR) is 122 cm³/mol. The van der Waals surface area contributed by atoms with Crippen LogP contribution in [0, 0.1) is 0 Å². The molecule has 1 N–H and O–H groups in total. The summed E-state index contributed by atoms with van der Waals surface area (Å²) >= 11 is 0. The second-order valence-electron chi connectivity index (χ2n) is 7.30. The van der Waals surface area contributed by atoms with E-state index >= 15 is 0 Å². The van der Waals surface area contributed by atoms with Crippen LogP contribution in [0.1, 0.15) is 28.5 Å². The Balaban J connectivity index is 1.62. The summed E-state index contributed by atoms with van der Waals surface area (Å²) in [5.41, 5.74) is 2.91. The van der Waals surface area contributed by atoms with Gasteiger partial charge in [0.15, 0.2) is 0 Å². The number of fused-ring (bicyclic) bond motifs is 2. The van der Waals surface area contributed by atoms with Gasteiger partial charge in [0.2, 0.25) is 0 Å². The number of amides is 1. The van der Waals surface area contributed by atoms with Crippen molar-refractivity contribution < 1.29 is 13.7 Å². The molecule has 31 heavy (non-hydrogen) atoms. The molecule has 6 nitrogen and oxygen atoms in total. The number of para-hydroxylation sites is 1. The molecule has 2 heterocycles. The summed E-state index contributed by atoms with van der Waals surface area (Å²) in [6.45, 7) is 2.35. The van der Waals surface area contributed by atoms with Crippen LogP contribution in [-0.4, -0.2) is 26.5 Å². The van der Waals surface area contributed by atoms with Gasteiger partial charge in [0.1, 0.15) is 11.6 Å². The Morgan fingerprint density at radius 2 is 1.84 bits per heavy atom. The third-order valence-electron chi connectivity index (χ3n) is 5.32. The Labute approximate surface area is 182 Å². The van der Waals surface area contributed by atoms with Crippen LogP contribution < -0.4 is 10.1 Å². The molecule has 0 bridgehead atoms. The first-order chi connectivity index (χ1) is 15.2. The lowest BCUT2D eigenvalue weighted by Crippen LogP contribution is -2.18. The molecule has 0 fully saturated rings. The maximum atomic E-state index is 13.6. The third kappa shape index (κ3) is 3.51. The molecule has 0 saturated carbocycles. The Kier molecular flexibility index (Phi) is 5.03. The second-order valence-corrected chi connectivity index (χ2v) is 8.75. The van der Waals surface area contributed by atoms with Crippen LogP contribution in [0.4, 0.5) is 5.82 Å². The fourth-order valence-corrected chi connectivity index (χ4v) is 5.21. The molecule has 0 saturated heterocycles. The smallest absolute Gasteiger partial charge is 0.261 e. The van der Waals surface area contributed by atoms with Gasteiger partial charge in [-0.3, -0.25) is 9.00 Å². The maximum Gasteiger partial charge on any atom is 0.261 e. The van der Waals surface area contributed by atoms with E-state index in [1.54, 1.807) is 4.68 Å². The molecule has 1 aromatic heterocycles. The number of nitrogens with one attached hydrogen (secondary N) is 1. The van der Waals surface area contributed by atoms with E-state index in [9.17, 15) is 9.00 Å². The van der Waals surface area contributed by atoms with Crippen molar-refractivity contribution in [3.63, 3.8) is 0 Å². The van der Waals surface area contributed by atoms with Crippen LogP contribution in [0.2, 0.25) is 0 Å². The third-order valence-corrected chi connectivity index (χ3v) is 6.53. The summed E-state index contributed by atoms with van der Waals surface area (Å²) in [4.78, 5) is 13.6. The van der Waals surface area contributed by atoms with Gasteiger partial charge in [-0.1, -0.05) is 48.5 Å². The van der Waals surface area contributed by atoms with Gasteiger partial charge in [0, 0.05) is 16.4 Å². The van der Waals surface area contributed by atoms with Crippen molar-refractivity contribution in [2.24, 2.45) is 0 Å². The second kappa shape index (κ2) is 8.00. The van der Waals surface area contributed by atoms with Crippen LogP contribution in [0.25, 0.3) is 16.5 Å². The number of benzene rings is 3. The van der Waals surface area contributed by atoms with E-state index in [1.807, 2.05) is 73.7 Å². The van der Waals surface area contributed by atoms with E-state index in [4.69, 9.17) is 4.74 Å². The molecule has 3 aromatic carbocycles. The van der Waals surface area contributed by atoms with E-state index in [0.717, 1.165) is 27.7 Å². The Bertz CT molecular complexity index is 1310.